The minimum Gasteiger partial charge on any atom is -0.394 e. The zero-order valence-corrected chi connectivity index (χ0v) is 11.3. The van der Waals surface area contributed by atoms with Gasteiger partial charge in [-0.25, -0.2) is 0 Å². The van der Waals surface area contributed by atoms with Gasteiger partial charge < -0.3 is 24.4 Å². The predicted molar refractivity (Wildman–Crippen MR) is 63.9 cm³/mol. The van der Waals surface area contributed by atoms with Crippen molar-refractivity contribution in [3.8, 4) is 0 Å². The molecule has 5 atom stereocenters. The molecule has 0 amide bonds. The van der Waals surface area contributed by atoms with E-state index in [1.807, 2.05) is 0 Å². The lowest BCUT2D eigenvalue weighted by Crippen LogP contribution is -2.41. The van der Waals surface area contributed by atoms with Crippen LogP contribution >= 0.6 is 11.8 Å². The number of fused-ring (bicyclic) bond motifs is 1. The molecule has 2 aliphatic heterocycles. The molecule has 2 aliphatic rings. The number of hydrogen-bond donors (Lipinski definition) is 2. The van der Waals surface area contributed by atoms with Gasteiger partial charge in [0.2, 0.25) is 0 Å². The second-order valence-corrected chi connectivity index (χ2v) is 6.25. The van der Waals surface area contributed by atoms with E-state index in [0.29, 0.717) is 0 Å². The number of thioether (sulfide) groups is 1. The van der Waals surface area contributed by atoms with Crippen molar-refractivity contribution in [2.24, 2.45) is 0 Å². The Morgan fingerprint density at radius 3 is 2.67 bits per heavy atom. The second-order valence-electron chi connectivity index (χ2n) is 4.89. The Labute approximate surface area is 110 Å². The molecule has 0 aromatic rings. The maximum absolute atomic E-state index is 11.3. The van der Waals surface area contributed by atoms with Gasteiger partial charge >= 0.3 is 0 Å². The maximum Gasteiger partial charge on any atom is 0.188 e. The summed E-state index contributed by atoms with van der Waals surface area (Å²) in [6.45, 7) is 4.55. The van der Waals surface area contributed by atoms with E-state index in [0.717, 1.165) is 11.8 Å². The van der Waals surface area contributed by atoms with Crippen molar-refractivity contribution in [3.05, 3.63) is 0 Å². The predicted octanol–water partition coefficient (Wildman–Crippen LogP) is -0.136. The van der Waals surface area contributed by atoms with Crippen molar-refractivity contribution in [2.75, 3.05) is 6.61 Å². The largest absolute Gasteiger partial charge is 0.394 e. The van der Waals surface area contributed by atoms with Gasteiger partial charge in [0.25, 0.3) is 0 Å². The molecular formula is C11H18O6S. The van der Waals surface area contributed by atoms with Crippen LogP contribution in [0.4, 0.5) is 0 Å². The normalized spacial score (nSPS) is 39.6. The Morgan fingerprint density at radius 2 is 2.11 bits per heavy atom. The van der Waals surface area contributed by atoms with Crippen LogP contribution in [0.15, 0.2) is 0 Å². The number of aliphatic hydroxyl groups excluding tert-OH is 2. The summed E-state index contributed by atoms with van der Waals surface area (Å²) < 4.78 is 16.8. The summed E-state index contributed by atoms with van der Waals surface area (Å²) in [6, 6.07) is 0. The SMILES string of the molecule is CC(=O)SC1C(C(O)CO)OC2OC(C)(C)OC21. The Kier molecular flexibility index (Phi) is 4.01. The van der Waals surface area contributed by atoms with Gasteiger partial charge in [-0.3, -0.25) is 4.79 Å². The Balaban J connectivity index is 2.14. The van der Waals surface area contributed by atoms with E-state index in [2.05, 4.69) is 0 Å². The Bertz CT molecular complexity index is 333. The molecule has 2 N–H and O–H groups in total. The molecule has 6 nitrogen and oxygen atoms in total. The zero-order chi connectivity index (χ0) is 13.5. The summed E-state index contributed by atoms with van der Waals surface area (Å²) >= 11 is 1.05. The lowest BCUT2D eigenvalue weighted by atomic mass is 10.1. The van der Waals surface area contributed by atoms with Gasteiger partial charge in [-0.15, -0.1) is 0 Å². The first-order valence-electron chi connectivity index (χ1n) is 5.81. The van der Waals surface area contributed by atoms with E-state index in [9.17, 15) is 9.90 Å². The van der Waals surface area contributed by atoms with Crippen LogP contribution in [0.5, 0.6) is 0 Å². The third kappa shape index (κ3) is 2.71. The molecule has 0 aliphatic carbocycles. The van der Waals surface area contributed by atoms with E-state index < -0.39 is 37.0 Å². The number of aliphatic hydroxyl groups is 2. The van der Waals surface area contributed by atoms with Gasteiger partial charge in [-0.05, 0) is 13.8 Å². The van der Waals surface area contributed by atoms with Crippen molar-refractivity contribution in [3.63, 3.8) is 0 Å². The van der Waals surface area contributed by atoms with Crippen LogP contribution in [-0.4, -0.2) is 57.6 Å². The topological polar surface area (TPSA) is 85.2 Å². The third-order valence-corrected chi connectivity index (χ3v) is 4.04. The molecule has 0 radical (unpaired) electrons. The highest BCUT2D eigenvalue weighted by Gasteiger charge is 2.56. The molecule has 2 saturated heterocycles. The van der Waals surface area contributed by atoms with Gasteiger partial charge in [-0.2, -0.15) is 0 Å². The van der Waals surface area contributed by atoms with Crippen molar-refractivity contribution in [1.82, 2.24) is 0 Å². The fourth-order valence-corrected chi connectivity index (χ4v) is 3.32. The lowest BCUT2D eigenvalue weighted by molar-refractivity contribution is -0.214. The Morgan fingerprint density at radius 1 is 1.44 bits per heavy atom. The Hall–Kier alpha value is -0.180. The molecule has 0 spiro atoms. The summed E-state index contributed by atoms with van der Waals surface area (Å²) in [6.07, 6.45) is -2.75. The molecular weight excluding hydrogens is 260 g/mol. The molecule has 2 fully saturated rings. The molecule has 5 unspecified atom stereocenters. The van der Waals surface area contributed by atoms with Crippen LogP contribution in [0.2, 0.25) is 0 Å². The molecule has 2 rings (SSSR count). The average molecular weight is 278 g/mol. The van der Waals surface area contributed by atoms with Crippen LogP contribution in [0, 0.1) is 0 Å². The van der Waals surface area contributed by atoms with Gasteiger partial charge in [0.15, 0.2) is 17.2 Å². The van der Waals surface area contributed by atoms with Crippen LogP contribution in [0.3, 0.4) is 0 Å². The standard InChI is InChI=1S/C11H18O6S/c1-5(13)18-9-7(6(14)4-12)15-10-8(9)16-11(2,3)17-10/h6-10,12,14H,4H2,1-3H3. The van der Waals surface area contributed by atoms with Gasteiger partial charge in [0.05, 0.1) is 11.9 Å². The summed E-state index contributed by atoms with van der Waals surface area (Å²) in [5.41, 5.74) is 0. The summed E-state index contributed by atoms with van der Waals surface area (Å²) in [5, 5.41) is 18.3. The van der Waals surface area contributed by atoms with Gasteiger partial charge in [0.1, 0.15) is 18.3 Å². The number of carbonyl (C=O) groups excluding carboxylic acids is 1. The second kappa shape index (κ2) is 5.07. The highest BCUT2D eigenvalue weighted by molar-refractivity contribution is 8.14. The zero-order valence-electron chi connectivity index (χ0n) is 10.5. The fraction of sp³-hybridized carbons (Fsp3) is 0.909. The van der Waals surface area contributed by atoms with Crippen LogP contribution in [0.25, 0.3) is 0 Å². The highest BCUT2D eigenvalue weighted by Crippen LogP contribution is 2.43. The third-order valence-electron chi connectivity index (χ3n) is 2.90. The van der Waals surface area contributed by atoms with Crippen LogP contribution < -0.4 is 0 Å². The van der Waals surface area contributed by atoms with E-state index in [-0.39, 0.29) is 10.4 Å². The van der Waals surface area contributed by atoms with Crippen molar-refractivity contribution in [2.45, 2.75) is 56.4 Å². The smallest absolute Gasteiger partial charge is 0.188 e. The number of ether oxygens (including phenoxy) is 3. The quantitative estimate of drug-likeness (QED) is 0.743. The van der Waals surface area contributed by atoms with E-state index in [1.54, 1.807) is 13.8 Å². The lowest BCUT2D eigenvalue weighted by Gasteiger charge is -2.26. The first-order chi connectivity index (χ1) is 8.34. The van der Waals surface area contributed by atoms with E-state index in [1.165, 1.54) is 6.92 Å². The van der Waals surface area contributed by atoms with E-state index >= 15 is 0 Å². The minimum atomic E-state index is -1.05. The summed E-state index contributed by atoms with van der Waals surface area (Å²) in [4.78, 5) is 11.3. The summed E-state index contributed by atoms with van der Waals surface area (Å²) in [5.74, 6) is -0.764. The molecule has 0 bridgehead atoms. The molecule has 2 heterocycles. The number of carbonyl (C=O) groups is 1. The fourth-order valence-electron chi connectivity index (χ4n) is 2.24. The molecule has 0 aromatic carbocycles. The molecule has 18 heavy (non-hydrogen) atoms. The van der Waals surface area contributed by atoms with Crippen molar-refractivity contribution in [1.29, 1.82) is 0 Å². The average Bonchev–Trinajstić information content (AvgIpc) is 2.71. The van der Waals surface area contributed by atoms with Gasteiger partial charge in [-0.1, -0.05) is 11.8 Å². The van der Waals surface area contributed by atoms with Crippen LogP contribution in [0.1, 0.15) is 20.8 Å². The molecule has 104 valence electrons. The summed E-state index contributed by atoms with van der Waals surface area (Å²) in [7, 11) is 0. The highest BCUT2D eigenvalue weighted by atomic mass is 32.2. The monoisotopic (exact) mass is 278 g/mol. The van der Waals surface area contributed by atoms with E-state index in [4.69, 9.17) is 19.3 Å². The van der Waals surface area contributed by atoms with Crippen LogP contribution in [-0.2, 0) is 19.0 Å². The number of hydrogen-bond acceptors (Lipinski definition) is 7. The van der Waals surface area contributed by atoms with Gasteiger partial charge in [0, 0.05) is 6.92 Å². The first-order valence-corrected chi connectivity index (χ1v) is 6.69. The van der Waals surface area contributed by atoms with Crippen molar-refractivity contribution < 1.29 is 29.2 Å². The first kappa shape index (κ1) is 14.2. The number of rotatable bonds is 3. The molecule has 7 heteroatoms. The maximum atomic E-state index is 11.3. The molecule has 0 saturated carbocycles. The molecule has 0 aromatic heterocycles. The minimum absolute atomic E-state index is 0.0901. The van der Waals surface area contributed by atoms with Crippen molar-refractivity contribution >= 4 is 16.9 Å².